The Kier molecular flexibility index (Phi) is 6.82. The molecule has 0 N–H and O–H groups in total. The van der Waals surface area contributed by atoms with Crippen LogP contribution in [0.1, 0.15) is 46.9 Å². The first-order valence-corrected chi connectivity index (χ1v) is 10.4. The van der Waals surface area contributed by atoms with E-state index in [1.54, 1.807) is 11.3 Å². The molecule has 0 saturated carbocycles. The van der Waals surface area contributed by atoms with Crippen molar-refractivity contribution in [2.45, 2.75) is 46.4 Å². The highest BCUT2D eigenvalue weighted by atomic mass is 32.1. The van der Waals surface area contributed by atoms with E-state index in [1.165, 1.54) is 0 Å². The van der Waals surface area contributed by atoms with Gasteiger partial charge in [0.2, 0.25) is 0 Å². The smallest absolute Gasteiger partial charge is 0.254 e. The second kappa shape index (κ2) is 9.51. The van der Waals surface area contributed by atoms with E-state index >= 15 is 0 Å². The van der Waals surface area contributed by atoms with Crippen molar-refractivity contribution in [3.63, 3.8) is 0 Å². The third-order valence-corrected chi connectivity index (χ3v) is 5.56. The molecule has 0 radical (unpaired) electrons. The van der Waals surface area contributed by atoms with Gasteiger partial charge in [0.25, 0.3) is 5.91 Å². The molecule has 0 spiro atoms. The molecule has 28 heavy (non-hydrogen) atoms. The summed E-state index contributed by atoms with van der Waals surface area (Å²) in [4.78, 5) is 19.7. The maximum atomic E-state index is 13.1. The highest BCUT2D eigenvalue weighted by molar-refractivity contribution is 7.09. The lowest BCUT2D eigenvalue weighted by Gasteiger charge is -2.28. The van der Waals surface area contributed by atoms with Crippen molar-refractivity contribution in [1.82, 2.24) is 9.88 Å². The summed E-state index contributed by atoms with van der Waals surface area (Å²) >= 11 is 1.57. The fourth-order valence-corrected chi connectivity index (χ4v) is 3.61. The number of thiazole rings is 1. The second-order valence-corrected chi connectivity index (χ2v) is 7.84. The van der Waals surface area contributed by atoms with Crippen LogP contribution in [0.5, 0.6) is 5.75 Å². The predicted octanol–water partition coefficient (Wildman–Crippen LogP) is 5.47. The van der Waals surface area contributed by atoms with E-state index in [2.05, 4.69) is 18.8 Å². The fraction of sp³-hybridized carbons (Fsp3) is 0.304. The van der Waals surface area contributed by atoms with Crippen molar-refractivity contribution in [2.24, 2.45) is 0 Å². The topological polar surface area (TPSA) is 42.4 Å². The number of ether oxygens (including phenoxy) is 1. The zero-order chi connectivity index (χ0) is 19.9. The summed E-state index contributed by atoms with van der Waals surface area (Å²) in [6, 6.07) is 17.6. The van der Waals surface area contributed by atoms with Gasteiger partial charge in [-0.1, -0.05) is 42.8 Å². The minimum atomic E-state index is 0.0492. The summed E-state index contributed by atoms with van der Waals surface area (Å²) in [5.41, 5.74) is 2.71. The molecule has 1 unspecified atom stereocenters. The van der Waals surface area contributed by atoms with E-state index in [-0.39, 0.29) is 11.9 Å². The maximum Gasteiger partial charge on any atom is 0.254 e. The average Bonchev–Trinajstić information content (AvgIpc) is 3.18. The van der Waals surface area contributed by atoms with Crippen LogP contribution in [0, 0.1) is 6.92 Å². The van der Waals surface area contributed by atoms with E-state index in [1.807, 2.05) is 71.8 Å². The number of benzene rings is 2. The van der Waals surface area contributed by atoms with E-state index < -0.39 is 0 Å². The lowest BCUT2D eigenvalue weighted by molar-refractivity contribution is 0.0669. The Bertz CT molecular complexity index is 908. The van der Waals surface area contributed by atoms with Crippen LogP contribution in [0.15, 0.2) is 60.0 Å². The third-order valence-electron chi connectivity index (χ3n) is 4.69. The molecular formula is C23H26N2O2S. The van der Waals surface area contributed by atoms with Gasteiger partial charge in [-0.05, 0) is 44.5 Å². The molecule has 0 aliphatic heterocycles. The van der Waals surface area contributed by atoms with Gasteiger partial charge in [-0.2, -0.15) is 0 Å². The Balaban J connectivity index is 1.69. The molecule has 2 aromatic carbocycles. The molecule has 0 saturated heterocycles. The number of nitrogens with zero attached hydrogens (tertiary/aromatic N) is 2. The molecule has 0 aliphatic carbocycles. The molecule has 1 heterocycles. The first-order chi connectivity index (χ1) is 13.6. The van der Waals surface area contributed by atoms with Crippen molar-refractivity contribution in [2.75, 3.05) is 0 Å². The highest BCUT2D eigenvalue weighted by Crippen LogP contribution is 2.19. The van der Waals surface area contributed by atoms with Crippen LogP contribution in [0.2, 0.25) is 0 Å². The maximum absolute atomic E-state index is 13.1. The van der Waals surface area contributed by atoms with Crippen LogP contribution in [0.25, 0.3) is 0 Å². The van der Waals surface area contributed by atoms with Crippen molar-refractivity contribution in [3.05, 3.63) is 81.8 Å². The SMILES string of the molecule is CCC(C)N(Cc1csc(COc2ccccc2)n1)C(=O)c1cccc(C)c1. The number of hydrogen-bond donors (Lipinski definition) is 0. The van der Waals surface area contributed by atoms with E-state index in [4.69, 9.17) is 4.74 Å². The van der Waals surface area contributed by atoms with Crippen LogP contribution in [0.4, 0.5) is 0 Å². The number of carbonyl (C=O) groups excluding carboxylic acids is 1. The van der Waals surface area contributed by atoms with Crippen molar-refractivity contribution in [1.29, 1.82) is 0 Å². The number of amides is 1. The van der Waals surface area contributed by atoms with Gasteiger partial charge >= 0.3 is 0 Å². The first kappa shape index (κ1) is 20.1. The van der Waals surface area contributed by atoms with E-state index in [0.717, 1.165) is 34.0 Å². The average molecular weight is 395 g/mol. The van der Waals surface area contributed by atoms with E-state index in [0.29, 0.717) is 13.2 Å². The summed E-state index contributed by atoms with van der Waals surface area (Å²) in [6.45, 7) is 7.12. The summed E-state index contributed by atoms with van der Waals surface area (Å²) < 4.78 is 5.78. The summed E-state index contributed by atoms with van der Waals surface area (Å²) in [7, 11) is 0. The quantitative estimate of drug-likeness (QED) is 0.509. The van der Waals surface area contributed by atoms with Gasteiger partial charge in [-0.15, -0.1) is 11.3 Å². The zero-order valence-electron chi connectivity index (χ0n) is 16.6. The number of para-hydroxylation sites is 1. The van der Waals surface area contributed by atoms with Gasteiger partial charge in [0.05, 0.1) is 12.2 Å². The molecule has 0 fully saturated rings. The van der Waals surface area contributed by atoms with Gasteiger partial charge < -0.3 is 9.64 Å². The Morgan fingerprint density at radius 1 is 1.18 bits per heavy atom. The minimum Gasteiger partial charge on any atom is -0.486 e. The van der Waals surface area contributed by atoms with Gasteiger partial charge in [-0.25, -0.2) is 4.98 Å². The lowest BCUT2D eigenvalue weighted by atomic mass is 10.1. The summed E-state index contributed by atoms with van der Waals surface area (Å²) in [5.74, 6) is 0.878. The van der Waals surface area contributed by atoms with Crippen LogP contribution in [0.3, 0.4) is 0 Å². The number of aromatic nitrogens is 1. The normalized spacial score (nSPS) is 11.8. The number of carbonyl (C=O) groups is 1. The Morgan fingerprint density at radius 2 is 1.96 bits per heavy atom. The molecule has 3 rings (SSSR count). The van der Waals surface area contributed by atoms with Crippen LogP contribution < -0.4 is 4.74 Å². The molecule has 1 aromatic heterocycles. The van der Waals surface area contributed by atoms with Crippen molar-refractivity contribution in [3.8, 4) is 5.75 Å². The highest BCUT2D eigenvalue weighted by Gasteiger charge is 2.22. The van der Waals surface area contributed by atoms with Gasteiger partial charge in [-0.3, -0.25) is 4.79 Å². The molecule has 3 aromatic rings. The predicted molar refractivity (Wildman–Crippen MR) is 114 cm³/mol. The molecule has 0 aliphatic rings. The second-order valence-electron chi connectivity index (χ2n) is 6.89. The molecule has 0 bridgehead atoms. The molecule has 146 valence electrons. The Hall–Kier alpha value is -2.66. The number of rotatable bonds is 8. The largest absolute Gasteiger partial charge is 0.486 e. The van der Waals surface area contributed by atoms with E-state index in [9.17, 15) is 4.79 Å². The van der Waals surface area contributed by atoms with Crippen molar-refractivity contribution >= 4 is 17.2 Å². The number of hydrogen-bond acceptors (Lipinski definition) is 4. The summed E-state index contributed by atoms with van der Waals surface area (Å²) in [6.07, 6.45) is 0.895. The van der Waals surface area contributed by atoms with Crippen LogP contribution >= 0.6 is 11.3 Å². The van der Waals surface area contributed by atoms with Gasteiger partial charge in [0.1, 0.15) is 17.4 Å². The monoisotopic (exact) mass is 394 g/mol. The molecule has 4 nitrogen and oxygen atoms in total. The molecule has 5 heteroatoms. The molecule has 1 amide bonds. The van der Waals surface area contributed by atoms with Gasteiger partial charge in [0.15, 0.2) is 0 Å². The third kappa shape index (κ3) is 5.20. The zero-order valence-corrected chi connectivity index (χ0v) is 17.4. The molecule has 1 atom stereocenters. The van der Waals surface area contributed by atoms with Crippen LogP contribution in [-0.2, 0) is 13.2 Å². The van der Waals surface area contributed by atoms with Crippen molar-refractivity contribution < 1.29 is 9.53 Å². The minimum absolute atomic E-state index is 0.0492. The lowest BCUT2D eigenvalue weighted by Crippen LogP contribution is -2.38. The molecular weight excluding hydrogens is 368 g/mol. The standard InChI is InChI=1S/C23H26N2O2S/c1-4-18(3)25(23(26)19-10-8-9-17(2)13-19)14-20-16-28-22(24-20)15-27-21-11-6-5-7-12-21/h5-13,16,18H,4,14-15H2,1-3H3. The Labute approximate surface area is 170 Å². The Morgan fingerprint density at radius 3 is 2.68 bits per heavy atom. The first-order valence-electron chi connectivity index (χ1n) is 9.55. The van der Waals surface area contributed by atoms with Crippen LogP contribution in [-0.4, -0.2) is 21.8 Å². The summed E-state index contributed by atoms with van der Waals surface area (Å²) in [5, 5.41) is 2.92. The van der Waals surface area contributed by atoms with Gasteiger partial charge in [0, 0.05) is 17.0 Å². The fourth-order valence-electron chi connectivity index (χ4n) is 2.92. The number of aryl methyl sites for hydroxylation is 1.